The number of amides is 1. The van der Waals surface area contributed by atoms with Gasteiger partial charge in [0.05, 0.1) is 11.6 Å². The molecule has 4 aliphatic rings. The van der Waals surface area contributed by atoms with Gasteiger partial charge in [-0.15, -0.1) is 0 Å². The molecule has 1 aromatic carbocycles. The first-order valence-electron chi connectivity index (χ1n) is 15.7. The summed E-state index contributed by atoms with van der Waals surface area (Å²) in [6, 6.07) is 15.8. The van der Waals surface area contributed by atoms with Crippen molar-refractivity contribution < 1.29 is 18.0 Å². The monoisotopic (exact) mass is 637 g/mol. The van der Waals surface area contributed by atoms with Crippen LogP contribution in [0.15, 0.2) is 85.2 Å². The van der Waals surface area contributed by atoms with Gasteiger partial charge in [0.1, 0.15) is 11.4 Å². The van der Waals surface area contributed by atoms with Gasteiger partial charge in [-0.25, -0.2) is 0 Å². The third-order valence-electron chi connectivity index (χ3n) is 9.71. The number of aromatic nitrogens is 2. The van der Waals surface area contributed by atoms with E-state index in [1.54, 1.807) is 62.6 Å². The Morgan fingerprint density at radius 3 is 2.00 bits per heavy atom. The van der Waals surface area contributed by atoms with Crippen molar-refractivity contribution in [3.05, 3.63) is 107 Å². The molecule has 46 heavy (non-hydrogen) atoms. The van der Waals surface area contributed by atoms with Crippen LogP contribution in [0.4, 0.5) is 0 Å². The predicted molar refractivity (Wildman–Crippen MR) is 169 cm³/mol. The van der Waals surface area contributed by atoms with Crippen molar-refractivity contribution in [2.45, 2.75) is 43.7 Å². The molecule has 1 aliphatic carbocycles. The molecule has 12 heteroatoms. The summed E-state index contributed by atoms with van der Waals surface area (Å²) >= 11 is 0. The molecule has 3 aromatic rings. The van der Waals surface area contributed by atoms with E-state index >= 15 is 0 Å². The van der Waals surface area contributed by atoms with E-state index in [9.17, 15) is 23.3 Å². The summed E-state index contributed by atoms with van der Waals surface area (Å²) in [4.78, 5) is 38.4. The topological polar surface area (TPSA) is 140 Å². The number of nitrogens with one attached hydrogen (secondary N) is 1. The number of hydrogen-bond acceptors (Lipinski definition) is 8. The standard InChI is InChI=1S/C34H35N7O4S/c35-21-26-4-6-27(7-5-26)30(42)18-31-38-34(19-24-8-12-36-13-9-24,20-25-10-14-37-15-11-25)33(43)41(31)32-28-22-40(23-29(28)32)46(44,45)39-16-2-1-3-17-39/h4-15,18,28-29,32,38H,1-3,16-17,19-20,22-23H2. The lowest BCUT2D eigenvalue weighted by Crippen LogP contribution is -2.51. The van der Waals surface area contributed by atoms with Crippen molar-refractivity contribution in [1.29, 1.82) is 5.26 Å². The molecule has 1 amide bonds. The average molecular weight is 638 g/mol. The van der Waals surface area contributed by atoms with E-state index in [1.807, 2.05) is 24.3 Å². The number of carbonyl (C=O) groups is 2. The Balaban J connectivity index is 1.22. The van der Waals surface area contributed by atoms with Crippen molar-refractivity contribution in [3.63, 3.8) is 0 Å². The van der Waals surface area contributed by atoms with E-state index < -0.39 is 15.7 Å². The number of nitrogens with zero attached hydrogens (tertiary/aromatic N) is 6. The van der Waals surface area contributed by atoms with Gasteiger partial charge in [-0.3, -0.25) is 24.5 Å². The van der Waals surface area contributed by atoms with E-state index in [-0.39, 0.29) is 29.6 Å². The maximum atomic E-state index is 14.8. The molecular formula is C34H35N7O4S. The molecule has 3 saturated heterocycles. The zero-order valence-electron chi connectivity index (χ0n) is 25.3. The summed E-state index contributed by atoms with van der Waals surface area (Å²) < 4.78 is 30.0. The molecule has 4 fully saturated rings. The van der Waals surface area contributed by atoms with E-state index in [0.29, 0.717) is 56.0 Å². The zero-order valence-corrected chi connectivity index (χ0v) is 26.1. The Bertz CT molecular complexity index is 1750. The Hall–Kier alpha value is -4.44. The maximum absolute atomic E-state index is 14.8. The van der Waals surface area contributed by atoms with Gasteiger partial charge in [0.15, 0.2) is 5.78 Å². The van der Waals surface area contributed by atoms with Gasteiger partial charge in [0.2, 0.25) is 0 Å². The number of pyridine rings is 2. The minimum Gasteiger partial charge on any atom is -0.357 e. The number of nitriles is 1. The smallest absolute Gasteiger partial charge is 0.281 e. The first-order chi connectivity index (χ1) is 22.3. The normalized spacial score (nSPS) is 25.2. The summed E-state index contributed by atoms with van der Waals surface area (Å²) in [7, 11) is -3.56. The second-order valence-electron chi connectivity index (χ2n) is 12.6. The molecule has 2 unspecified atom stereocenters. The van der Waals surface area contributed by atoms with Gasteiger partial charge < -0.3 is 5.32 Å². The molecule has 1 N–H and O–H groups in total. The van der Waals surface area contributed by atoms with Crippen molar-refractivity contribution in [3.8, 4) is 6.07 Å². The van der Waals surface area contributed by atoms with Crippen LogP contribution in [0.25, 0.3) is 0 Å². The number of fused-ring (bicyclic) bond motifs is 1. The lowest BCUT2D eigenvalue weighted by atomic mass is 9.85. The number of allylic oxidation sites excluding steroid dienone is 1. The number of piperidine rings is 2. The molecule has 0 bridgehead atoms. The van der Waals surface area contributed by atoms with Crippen LogP contribution in [0.5, 0.6) is 0 Å². The minimum absolute atomic E-state index is 0.0311. The fourth-order valence-corrected chi connectivity index (χ4v) is 9.07. The molecule has 11 nitrogen and oxygen atoms in total. The predicted octanol–water partition coefficient (Wildman–Crippen LogP) is 2.69. The van der Waals surface area contributed by atoms with Crippen molar-refractivity contribution in [1.82, 2.24) is 28.8 Å². The summed E-state index contributed by atoms with van der Waals surface area (Å²) in [5.74, 6) is -0.0987. The largest absolute Gasteiger partial charge is 0.357 e. The fourth-order valence-electron chi connectivity index (χ4n) is 7.30. The van der Waals surface area contributed by atoms with Gasteiger partial charge in [-0.05, 0) is 72.5 Å². The molecule has 0 spiro atoms. The third kappa shape index (κ3) is 5.59. The third-order valence-corrected chi connectivity index (χ3v) is 11.7. The van der Waals surface area contributed by atoms with Gasteiger partial charge in [-0.2, -0.15) is 22.3 Å². The van der Waals surface area contributed by atoms with E-state index in [0.717, 1.165) is 30.4 Å². The Kier molecular flexibility index (Phi) is 7.92. The second-order valence-corrected chi connectivity index (χ2v) is 14.6. The SMILES string of the molecule is N#Cc1ccc(C(=O)C=C2NC(Cc3ccncc3)(Cc3ccncc3)C(=O)N2C2C3CN(S(=O)(=O)N4CCCCC4)CC32)cc1. The van der Waals surface area contributed by atoms with Gasteiger partial charge in [-0.1, -0.05) is 6.42 Å². The van der Waals surface area contributed by atoms with Gasteiger partial charge in [0.25, 0.3) is 16.1 Å². The van der Waals surface area contributed by atoms with Crippen LogP contribution < -0.4 is 5.32 Å². The maximum Gasteiger partial charge on any atom is 0.281 e. The summed E-state index contributed by atoms with van der Waals surface area (Å²) in [6.45, 7) is 1.78. The number of ketones is 1. The fraction of sp³-hybridized carbons (Fsp3) is 0.382. The Morgan fingerprint density at radius 2 is 1.46 bits per heavy atom. The van der Waals surface area contributed by atoms with E-state index in [4.69, 9.17) is 0 Å². The Morgan fingerprint density at radius 1 is 0.891 bits per heavy atom. The van der Waals surface area contributed by atoms with Crippen LogP contribution in [0, 0.1) is 23.2 Å². The highest BCUT2D eigenvalue weighted by Crippen LogP contribution is 2.53. The highest BCUT2D eigenvalue weighted by molar-refractivity contribution is 7.86. The summed E-state index contributed by atoms with van der Waals surface area (Å²) in [6.07, 6.45) is 11.7. The Labute approximate surface area is 268 Å². The first-order valence-corrected chi connectivity index (χ1v) is 17.1. The van der Waals surface area contributed by atoms with Crippen molar-refractivity contribution in [2.75, 3.05) is 26.2 Å². The molecule has 2 aromatic heterocycles. The van der Waals surface area contributed by atoms with Crippen LogP contribution in [0.2, 0.25) is 0 Å². The van der Waals surface area contributed by atoms with Gasteiger partial charge >= 0.3 is 0 Å². The molecule has 5 heterocycles. The summed E-state index contributed by atoms with van der Waals surface area (Å²) in [5.41, 5.74) is 1.58. The first kappa shape index (κ1) is 30.2. The van der Waals surface area contributed by atoms with Crippen LogP contribution in [0.1, 0.15) is 46.3 Å². The number of benzene rings is 1. The zero-order chi connectivity index (χ0) is 31.9. The molecule has 2 atom stereocenters. The second kappa shape index (κ2) is 12.1. The van der Waals surface area contributed by atoms with Gasteiger partial charge in [0, 0.05) is 93.3 Å². The average Bonchev–Trinajstić information content (AvgIpc) is 3.41. The van der Waals surface area contributed by atoms with Crippen LogP contribution in [0.3, 0.4) is 0 Å². The number of carbonyl (C=O) groups excluding carboxylic acids is 2. The van der Waals surface area contributed by atoms with E-state index in [2.05, 4.69) is 21.4 Å². The van der Waals surface area contributed by atoms with Crippen LogP contribution in [-0.4, -0.2) is 81.3 Å². The molecule has 0 radical (unpaired) electrons. The molecule has 1 saturated carbocycles. The molecule has 3 aliphatic heterocycles. The van der Waals surface area contributed by atoms with E-state index in [1.165, 1.54) is 6.08 Å². The van der Waals surface area contributed by atoms with Crippen molar-refractivity contribution in [2.24, 2.45) is 11.8 Å². The van der Waals surface area contributed by atoms with Crippen LogP contribution in [-0.2, 0) is 27.8 Å². The van der Waals surface area contributed by atoms with Crippen molar-refractivity contribution >= 4 is 21.9 Å². The number of rotatable bonds is 9. The lowest BCUT2D eigenvalue weighted by molar-refractivity contribution is -0.132. The molecule has 236 valence electrons. The minimum atomic E-state index is -3.56. The molecular weight excluding hydrogens is 602 g/mol. The quantitative estimate of drug-likeness (QED) is 0.279. The lowest BCUT2D eigenvalue weighted by Gasteiger charge is -2.32. The summed E-state index contributed by atoms with van der Waals surface area (Å²) in [5, 5.41) is 12.7. The number of hydrogen-bond donors (Lipinski definition) is 1. The highest BCUT2D eigenvalue weighted by Gasteiger charge is 2.65. The van der Waals surface area contributed by atoms with Crippen LogP contribution >= 0.6 is 0 Å². The highest BCUT2D eigenvalue weighted by atomic mass is 32.2. The molecule has 7 rings (SSSR count).